The Morgan fingerprint density at radius 2 is 1.95 bits per heavy atom. The highest BCUT2D eigenvalue weighted by molar-refractivity contribution is 6.04. The Kier molecular flexibility index (Phi) is 3.40. The van der Waals surface area contributed by atoms with E-state index >= 15 is 0 Å². The van der Waals surface area contributed by atoms with Gasteiger partial charge >= 0.3 is 5.97 Å². The number of aryl methyl sites for hydroxylation is 2. The lowest BCUT2D eigenvalue weighted by atomic mass is 10.0. The van der Waals surface area contributed by atoms with E-state index in [-0.39, 0.29) is 6.04 Å². The molecule has 102 valence electrons. The number of carboxylic acids is 1. The Bertz CT molecular complexity index is 651. The summed E-state index contributed by atoms with van der Waals surface area (Å²) in [5.74, 6) is -0.847. The first kappa shape index (κ1) is 13.7. The van der Waals surface area contributed by atoms with Gasteiger partial charge in [-0.3, -0.25) is 0 Å². The van der Waals surface area contributed by atoms with Crippen molar-refractivity contribution in [2.24, 2.45) is 0 Å². The predicted octanol–water partition coefficient (Wildman–Crippen LogP) is 4.10. The fraction of sp³-hybridized carbons (Fsp3) is 0.438. The number of hydrogen-bond donors (Lipinski definition) is 1. The van der Waals surface area contributed by atoms with Crippen LogP contribution in [0.2, 0.25) is 0 Å². The van der Waals surface area contributed by atoms with Crippen molar-refractivity contribution >= 4 is 16.9 Å². The molecule has 1 N–H and O–H groups in total. The lowest BCUT2D eigenvalue weighted by molar-refractivity contribution is 0.0698. The summed E-state index contributed by atoms with van der Waals surface area (Å²) in [6, 6.07) is 4.19. The molecule has 2 aromatic rings. The average molecular weight is 259 g/mol. The Morgan fingerprint density at radius 1 is 1.32 bits per heavy atom. The lowest BCUT2D eigenvalue weighted by Crippen LogP contribution is -2.07. The minimum atomic E-state index is -0.847. The summed E-state index contributed by atoms with van der Waals surface area (Å²) in [6.07, 6.45) is 0.849. The third-order valence-corrected chi connectivity index (χ3v) is 3.87. The maximum Gasteiger partial charge on any atom is 0.337 e. The summed E-state index contributed by atoms with van der Waals surface area (Å²) in [6.45, 7) is 10.4. The molecule has 0 fully saturated rings. The van der Waals surface area contributed by atoms with Crippen LogP contribution in [0.1, 0.15) is 54.0 Å². The van der Waals surface area contributed by atoms with E-state index < -0.39 is 5.97 Å². The Morgan fingerprint density at radius 3 is 2.42 bits per heavy atom. The Labute approximate surface area is 113 Å². The number of carbonyl (C=O) groups is 1. The minimum absolute atomic E-state index is 0.252. The molecule has 19 heavy (non-hydrogen) atoms. The van der Waals surface area contributed by atoms with Crippen LogP contribution in [0.5, 0.6) is 0 Å². The van der Waals surface area contributed by atoms with Crippen molar-refractivity contribution in [2.75, 3.05) is 0 Å². The van der Waals surface area contributed by atoms with Crippen LogP contribution in [0.15, 0.2) is 12.1 Å². The molecule has 0 amide bonds. The number of benzene rings is 1. The van der Waals surface area contributed by atoms with E-state index in [9.17, 15) is 9.90 Å². The second-order valence-corrected chi connectivity index (χ2v) is 5.37. The number of carboxylic acid groups (broad SMARTS) is 1. The highest BCUT2D eigenvalue weighted by atomic mass is 16.4. The van der Waals surface area contributed by atoms with Gasteiger partial charge in [0.25, 0.3) is 0 Å². The maximum atomic E-state index is 11.6. The van der Waals surface area contributed by atoms with Gasteiger partial charge in [0.15, 0.2) is 0 Å². The van der Waals surface area contributed by atoms with Crippen LogP contribution in [0, 0.1) is 13.8 Å². The van der Waals surface area contributed by atoms with E-state index in [1.807, 2.05) is 6.07 Å². The molecule has 0 bridgehead atoms. The first-order valence-electron chi connectivity index (χ1n) is 6.75. The highest BCUT2D eigenvalue weighted by Crippen LogP contribution is 2.32. The second kappa shape index (κ2) is 4.72. The summed E-state index contributed by atoms with van der Waals surface area (Å²) < 4.78 is 2.13. The summed E-state index contributed by atoms with van der Waals surface area (Å²) in [7, 11) is 0. The van der Waals surface area contributed by atoms with E-state index in [1.54, 1.807) is 0 Å². The van der Waals surface area contributed by atoms with E-state index in [0.29, 0.717) is 5.56 Å². The molecule has 0 unspecified atom stereocenters. The third-order valence-electron chi connectivity index (χ3n) is 3.87. The van der Waals surface area contributed by atoms with Crippen molar-refractivity contribution < 1.29 is 9.90 Å². The van der Waals surface area contributed by atoms with Gasteiger partial charge in [0.2, 0.25) is 0 Å². The summed E-state index contributed by atoms with van der Waals surface area (Å²) >= 11 is 0. The van der Waals surface area contributed by atoms with Crippen LogP contribution in [0.25, 0.3) is 10.9 Å². The van der Waals surface area contributed by atoms with Gasteiger partial charge in [-0.2, -0.15) is 0 Å². The zero-order valence-corrected chi connectivity index (χ0v) is 12.2. The number of aromatic nitrogens is 1. The molecule has 0 atom stereocenters. The summed E-state index contributed by atoms with van der Waals surface area (Å²) in [5, 5.41) is 10.6. The molecule has 3 nitrogen and oxygen atoms in total. The normalized spacial score (nSPS) is 11.5. The third kappa shape index (κ3) is 2.03. The molecule has 0 saturated carbocycles. The standard InChI is InChI=1S/C16H21NO2/c1-6-12-7-13-10(4)11(5)17(9(2)3)15(13)14(8-12)16(18)19/h7-9H,6H2,1-5H3,(H,18,19). The molecule has 1 aromatic heterocycles. The molecule has 3 heteroatoms. The van der Waals surface area contributed by atoms with Gasteiger partial charge in [0.1, 0.15) is 0 Å². The van der Waals surface area contributed by atoms with E-state index in [2.05, 4.69) is 45.3 Å². The number of rotatable bonds is 3. The number of fused-ring (bicyclic) bond motifs is 1. The molecule has 1 heterocycles. The molecule has 0 radical (unpaired) electrons. The van der Waals surface area contributed by atoms with Crippen LogP contribution < -0.4 is 0 Å². The van der Waals surface area contributed by atoms with Crippen molar-refractivity contribution in [2.45, 2.75) is 47.1 Å². The first-order valence-corrected chi connectivity index (χ1v) is 6.75. The van der Waals surface area contributed by atoms with Crippen molar-refractivity contribution in [3.05, 3.63) is 34.5 Å². The molecule has 0 saturated heterocycles. The van der Waals surface area contributed by atoms with Gasteiger partial charge in [0.05, 0.1) is 11.1 Å². The molecular formula is C16H21NO2. The average Bonchev–Trinajstić information content (AvgIpc) is 2.61. The summed E-state index contributed by atoms with van der Waals surface area (Å²) in [5.41, 5.74) is 4.69. The quantitative estimate of drug-likeness (QED) is 0.901. The molecular weight excluding hydrogens is 238 g/mol. The predicted molar refractivity (Wildman–Crippen MR) is 78.1 cm³/mol. The van der Waals surface area contributed by atoms with Crippen molar-refractivity contribution in [3.63, 3.8) is 0 Å². The molecule has 0 aliphatic heterocycles. The molecule has 1 aromatic carbocycles. The maximum absolute atomic E-state index is 11.6. The SMILES string of the molecule is CCc1cc(C(=O)O)c2c(c1)c(C)c(C)n2C(C)C. The zero-order valence-electron chi connectivity index (χ0n) is 12.2. The Hall–Kier alpha value is -1.77. The summed E-state index contributed by atoms with van der Waals surface area (Å²) in [4.78, 5) is 11.6. The number of hydrogen-bond acceptors (Lipinski definition) is 1. The van der Waals surface area contributed by atoms with E-state index in [0.717, 1.165) is 28.6 Å². The van der Waals surface area contributed by atoms with Crippen molar-refractivity contribution in [1.29, 1.82) is 0 Å². The highest BCUT2D eigenvalue weighted by Gasteiger charge is 2.20. The van der Waals surface area contributed by atoms with Crippen LogP contribution in [0.4, 0.5) is 0 Å². The van der Waals surface area contributed by atoms with Crippen molar-refractivity contribution in [3.8, 4) is 0 Å². The van der Waals surface area contributed by atoms with Crippen LogP contribution >= 0.6 is 0 Å². The second-order valence-electron chi connectivity index (χ2n) is 5.37. The van der Waals surface area contributed by atoms with Gasteiger partial charge in [-0.15, -0.1) is 0 Å². The Balaban J connectivity index is 2.98. The van der Waals surface area contributed by atoms with Gasteiger partial charge < -0.3 is 9.67 Å². The lowest BCUT2D eigenvalue weighted by Gasteiger charge is -2.14. The van der Waals surface area contributed by atoms with E-state index in [1.165, 1.54) is 5.56 Å². The van der Waals surface area contributed by atoms with Crippen LogP contribution in [-0.4, -0.2) is 15.6 Å². The fourth-order valence-corrected chi connectivity index (χ4v) is 2.80. The molecule has 0 aliphatic rings. The molecule has 2 rings (SSSR count). The largest absolute Gasteiger partial charge is 0.478 e. The smallest absolute Gasteiger partial charge is 0.337 e. The molecule has 0 spiro atoms. The number of nitrogens with zero attached hydrogens (tertiary/aromatic N) is 1. The van der Waals surface area contributed by atoms with E-state index in [4.69, 9.17) is 0 Å². The van der Waals surface area contributed by atoms with Gasteiger partial charge in [0, 0.05) is 17.1 Å². The van der Waals surface area contributed by atoms with Crippen LogP contribution in [-0.2, 0) is 6.42 Å². The van der Waals surface area contributed by atoms with Gasteiger partial charge in [-0.25, -0.2) is 4.79 Å². The van der Waals surface area contributed by atoms with Gasteiger partial charge in [-0.1, -0.05) is 6.92 Å². The fourth-order valence-electron chi connectivity index (χ4n) is 2.80. The minimum Gasteiger partial charge on any atom is -0.478 e. The van der Waals surface area contributed by atoms with Crippen molar-refractivity contribution in [1.82, 2.24) is 4.57 Å². The monoisotopic (exact) mass is 259 g/mol. The molecule has 0 aliphatic carbocycles. The topological polar surface area (TPSA) is 42.2 Å². The number of aromatic carboxylic acids is 1. The van der Waals surface area contributed by atoms with Crippen LogP contribution in [0.3, 0.4) is 0 Å². The zero-order chi connectivity index (χ0) is 14.3. The van der Waals surface area contributed by atoms with Gasteiger partial charge in [-0.05, 0) is 57.4 Å². The first-order chi connectivity index (χ1) is 8.88.